The first-order valence-corrected chi connectivity index (χ1v) is 9.28. The molecule has 0 aliphatic heterocycles. The van der Waals surface area contributed by atoms with Crippen LogP contribution in [0.25, 0.3) is 12.2 Å². The SMILES string of the molecule is CCOC(=O)CCc1ccccc1OCc1coc(/C=C/c2ccccc2)n1. The van der Waals surface area contributed by atoms with Crippen LogP contribution in [-0.2, 0) is 22.6 Å². The molecule has 0 saturated carbocycles. The van der Waals surface area contributed by atoms with Gasteiger partial charge in [-0.3, -0.25) is 4.79 Å². The summed E-state index contributed by atoms with van der Waals surface area (Å²) in [4.78, 5) is 16.0. The van der Waals surface area contributed by atoms with Crippen LogP contribution in [0.1, 0.15) is 36.1 Å². The molecule has 0 unspecified atom stereocenters. The van der Waals surface area contributed by atoms with Gasteiger partial charge in [0.15, 0.2) is 0 Å². The third-order valence-corrected chi connectivity index (χ3v) is 4.04. The summed E-state index contributed by atoms with van der Waals surface area (Å²) >= 11 is 0. The first-order valence-electron chi connectivity index (χ1n) is 9.28. The molecule has 0 spiro atoms. The number of rotatable bonds is 9. The maximum absolute atomic E-state index is 11.6. The van der Waals surface area contributed by atoms with E-state index in [9.17, 15) is 4.79 Å². The number of carbonyl (C=O) groups is 1. The van der Waals surface area contributed by atoms with Gasteiger partial charge < -0.3 is 13.9 Å². The van der Waals surface area contributed by atoms with E-state index in [1.807, 2.05) is 66.7 Å². The first kappa shape index (κ1) is 19.4. The number of carbonyl (C=O) groups excluding carboxylic acids is 1. The standard InChI is InChI=1S/C23H23NO4/c1-2-26-23(25)15-13-19-10-6-7-11-21(19)27-16-20-17-28-22(24-20)14-12-18-8-4-3-5-9-18/h3-12,14,17H,2,13,15-16H2,1H3/b14-12+. The van der Waals surface area contributed by atoms with E-state index in [2.05, 4.69) is 4.98 Å². The Morgan fingerprint density at radius 2 is 1.86 bits per heavy atom. The van der Waals surface area contributed by atoms with Gasteiger partial charge in [0.25, 0.3) is 0 Å². The molecule has 28 heavy (non-hydrogen) atoms. The van der Waals surface area contributed by atoms with Gasteiger partial charge in [0.1, 0.15) is 24.3 Å². The molecule has 0 aliphatic carbocycles. The fraction of sp³-hybridized carbons (Fsp3) is 0.217. The van der Waals surface area contributed by atoms with Crippen LogP contribution in [0, 0.1) is 0 Å². The summed E-state index contributed by atoms with van der Waals surface area (Å²) in [6.07, 6.45) is 6.25. The Kier molecular flexibility index (Phi) is 7.01. The van der Waals surface area contributed by atoms with Crippen LogP contribution < -0.4 is 4.74 Å². The van der Waals surface area contributed by atoms with Crippen LogP contribution in [0.3, 0.4) is 0 Å². The maximum Gasteiger partial charge on any atom is 0.306 e. The van der Waals surface area contributed by atoms with Gasteiger partial charge in [-0.15, -0.1) is 0 Å². The summed E-state index contributed by atoms with van der Waals surface area (Å²) in [6.45, 7) is 2.49. The van der Waals surface area contributed by atoms with Gasteiger partial charge in [-0.05, 0) is 36.6 Å². The van der Waals surface area contributed by atoms with E-state index in [0.29, 0.717) is 37.6 Å². The van der Waals surface area contributed by atoms with E-state index < -0.39 is 0 Å². The van der Waals surface area contributed by atoms with Crippen molar-refractivity contribution in [3.05, 3.63) is 83.6 Å². The Bertz CT molecular complexity index is 915. The largest absolute Gasteiger partial charge is 0.487 e. The molecule has 2 aromatic carbocycles. The molecule has 5 nitrogen and oxygen atoms in total. The smallest absolute Gasteiger partial charge is 0.306 e. The lowest BCUT2D eigenvalue weighted by Gasteiger charge is -2.10. The molecule has 0 radical (unpaired) electrons. The van der Waals surface area contributed by atoms with Gasteiger partial charge >= 0.3 is 5.97 Å². The summed E-state index contributed by atoms with van der Waals surface area (Å²) in [6, 6.07) is 17.6. The predicted molar refractivity (Wildman–Crippen MR) is 108 cm³/mol. The monoisotopic (exact) mass is 377 g/mol. The molecule has 0 aliphatic rings. The second-order valence-corrected chi connectivity index (χ2v) is 6.12. The van der Waals surface area contributed by atoms with Crippen molar-refractivity contribution < 1.29 is 18.7 Å². The number of hydrogen-bond acceptors (Lipinski definition) is 5. The summed E-state index contributed by atoms with van der Waals surface area (Å²) in [5, 5.41) is 0. The zero-order chi connectivity index (χ0) is 19.6. The van der Waals surface area contributed by atoms with Gasteiger partial charge in [-0.2, -0.15) is 0 Å². The van der Waals surface area contributed by atoms with Gasteiger partial charge in [-0.1, -0.05) is 48.5 Å². The van der Waals surface area contributed by atoms with Crippen molar-refractivity contribution >= 4 is 18.1 Å². The lowest BCUT2D eigenvalue weighted by atomic mass is 10.1. The molecule has 0 bridgehead atoms. The molecule has 0 saturated heterocycles. The van der Waals surface area contributed by atoms with E-state index in [1.165, 1.54) is 0 Å². The van der Waals surface area contributed by atoms with Gasteiger partial charge in [0.05, 0.1) is 6.61 Å². The molecule has 0 amide bonds. The van der Waals surface area contributed by atoms with E-state index in [-0.39, 0.29) is 5.97 Å². The fourth-order valence-electron chi connectivity index (χ4n) is 2.67. The average Bonchev–Trinajstić information content (AvgIpc) is 3.19. The molecular weight excluding hydrogens is 354 g/mol. The number of aryl methyl sites for hydroxylation is 1. The van der Waals surface area contributed by atoms with Crippen molar-refractivity contribution in [2.24, 2.45) is 0 Å². The molecule has 0 atom stereocenters. The highest BCUT2D eigenvalue weighted by molar-refractivity contribution is 5.69. The van der Waals surface area contributed by atoms with Crippen LogP contribution in [0.5, 0.6) is 5.75 Å². The highest BCUT2D eigenvalue weighted by Crippen LogP contribution is 2.21. The van der Waals surface area contributed by atoms with Crippen molar-refractivity contribution in [1.29, 1.82) is 0 Å². The maximum atomic E-state index is 11.6. The first-order chi connectivity index (χ1) is 13.7. The number of nitrogens with zero attached hydrogens (tertiary/aromatic N) is 1. The van der Waals surface area contributed by atoms with Crippen LogP contribution in [0.15, 0.2) is 65.3 Å². The minimum Gasteiger partial charge on any atom is -0.487 e. The Balaban J connectivity index is 1.57. The fourth-order valence-corrected chi connectivity index (χ4v) is 2.67. The molecule has 144 valence electrons. The van der Waals surface area contributed by atoms with E-state index in [1.54, 1.807) is 13.2 Å². The quantitative estimate of drug-likeness (QED) is 0.495. The molecular formula is C23H23NO4. The van der Waals surface area contributed by atoms with E-state index in [4.69, 9.17) is 13.9 Å². The minimum atomic E-state index is -0.205. The van der Waals surface area contributed by atoms with Crippen molar-refractivity contribution in [2.45, 2.75) is 26.4 Å². The Hall–Kier alpha value is -3.34. The third-order valence-electron chi connectivity index (χ3n) is 4.04. The topological polar surface area (TPSA) is 61.6 Å². The molecule has 0 N–H and O–H groups in total. The minimum absolute atomic E-state index is 0.205. The molecule has 3 rings (SSSR count). The van der Waals surface area contributed by atoms with Crippen molar-refractivity contribution in [1.82, 2.24) is 4.98 Å². The molecule has 1 aromatic heterocycles. The number of esters is 1. The van der Waals surface area contributed by atoms with Gasteiger partial charge in [0.2, 0.25) is 5.89 Å². The van der Waals surface area contributed by atoms with Crippen molar-refractivity contribution in [3.8, 4) is 5.75 Å². The number of ether oxygens (including phenoxy) is 2. The number of para-hydroxylation sites is 1. The Labute approximate surface area is 164 Å². The normalized spacial score (nSPS) is 10.9. The predicted octanol–water partition coefficient (Wildman–Crippen LogP) is 4.92. The second-order valence-electron chi connectivity index (χ2n) is 6.12. The molecule has 3 aromatic rings. The summed E-state index contributed by atoms with van der Waals surface area (Å²) in [5.41, 5.74) is 2.74. The van der Waals surface area contributed by atoms with Crippen LogP contribution in [0.2, 0.25) is 0 Å². The summed E-state index contributed by atoms with van der Waals surface area (Å²) < 4.78 is 16.3. The molecule has 5 heteroatoms. The zero-order valence-corrected chi connectivity index (χ0v) is 15.8. The Morgan fingerprint density at radius 3 is 2.68 bits per heavy atom. The van der Waals surface area contributed by atoms with Crippen LogP contribution in [0.4, 0.5) is 0 Å². The highest BCUT2D eigenvalue weighted by Gasteiger charge is 2.09. The lowest BCUT2D eigenvalue weighted by molar-refractivity contribution is -0.143. The number of oxazole rings is 1. The third kappa shape index (κ3) is 5.84. The van der Waals surface area contributed by atoms with Crippen molar-refractivity contribution in [2.75, 3.05) is 6.61 Å². The zero-order valence-electron chi connectivity index (χ0n) is 15.8. The molecule has 0 fully saturated rings. The summed E-state index contributed by atoms with van der Waals surface area (Å²) in [7, 11) is 0. The van der Waals surface area contributed by atoms with E-state index >= 15 is 0 Å². The Morgan fingerprint density at radius 1 is 1.07 bits per heavy atom. The number of aromatic nitrogens is 1. The van der Waals surface area contributed by atoms with E-state index in [0.717, 1.165) is 16.9 Å². The average molecular weight is 377 g/mol. The van der Waals surface area contributed by atoms with Crippen molar-refractivity contribution in [3.63, 3.8) is 0 Å². The number of hydrogen-bond donors (Lipinski definition) is 0. The van der Waals surface area contributed by atoms with Crippen LogP contribution in [-0.4, -0.2) is 17.6 Å². The number of benzene rings is 2. The lowest BCUT2D eigenvalue weighted by Crippen LogP contribution is -2.06. The second kappa shape index (κ2) is 10.1. The van der Waals surface area contributed by atoms with Crippen LogP contribution >= 0.6 is 0 Å². The highest BCUT2D eigenvalue weighted by atomic mass is 16.5. The summed E-state index contributed by atoms with van der Waals surface area (Å²) in [5.74, 6) is 1.05. The van der Waals surface area contributed by atoms with Gasteiger partial charge in [-0.25, -0.2) is 4.98 Å². The van der Waals surface area contributed by atoms with Gasteiger partial charge in [0, 0.05) is 12.5 Å². The molecule has 1 heterocycles.